The molecule has 0 aliphatic carbocycles. The number of nitriles is 1. The molecule has 1 aromatic heterocycles. The van der Waals surface area contributed by atoms with Crippen molar-refractivity contribution < 1.29 is 9.18 Å². The maximum absolute atomic E-state index is 13.7. The summed E-state index contributed by atoms with van der Waals surface area (Å²) in [7, 11) is 0. The van der Waals surface area contributed by atoms with Crippen LogP contribution in [0.25, 0.3) is 11.4 Å². The molecular formula is C20H17ClFN5O. The number of aryl methyl sites for hydroxylation is 1. The van der Waals surface area contributed by atoms with Crippen molar-refractivity contribution in [2.45, 2.75) is 26.4 Å². The molecule has 0 spiro atoms. The SMILES string of the molecule is CCc1nc(-c2ccc(Cl)c(F)c2)nn1CC(=O)NCc1cccc(C#N)c1. The molecule has 3 rings (SSSR count). The van der Waals surface area contributed by atoms with Crippen molar-refractivity contribution in [1.29, 1.82) is 5.26 Å². The molecule has 0 radical (unpaired) electrons. The zero-order chi connectivity index (χ0) is 20.1. The lowest BCUT2D eigenvalue weighted by molar-refractivity contribution is -0.122. The van der Waals surface area contributed by atoms with Crippen molar-refractivity contribution in [3.63, 3.8) is 0 Å². The average Bonchev–Trinajstić information content (AvgIpc) is 3.11. The molecule has 1 heterocycles. The molecule has 0 fully saturated rings. The molecule has 1 amide bonds. The number of hydrogen-bond donors (Lipinski definition) is 1. The topological polar surface area (TPSA) is 83.6 Å². The number of nitrogens with one attached hydrogen (secondary N) is 1. The Labute approximate surface area is 166 Å². The first kappa shape index (κ1) is 19.5. The molecular weight excluding hydrogens is 381 g/mol. The van der Waals surface area contributed by atoms with Crippen LogP contribution in [0, 0.1) is 17.1 Å². The highest BCUT2D eigenvalue weighted by molar-refractivity contribution is 6.30. The molecule has 28 heavy (non-hydrogen) atoms. The van der Waals surface area contributed by atoms with Crippen LogP contribution in [-0.4, -0.2) is 20.7 Å². The van der Waals surface area contributed by atoms with Crippen molar-refractivity contribution >= 4 is 17.5 Å². The highest BCUT2D eigenvalue weighted by Crippen LogP contribution is 2.22. The minimum absolute atomic E-state index is 0.00974. The highest BCUT2D eigenvalue weighted by atomic mass is 35.5. The van der Waals surface area contributed by atoms with Crippen LogP contribution in [0.15, 0.2) is 42.5 Å². The van der Waals surface area contributed by atoms with E-state index in [0.29, 0.717) is 35.7 Å². The van der Waals surface area contributed by atoms with Gasteiger partial charge >= 0.3 is 0 Å². The summed E-state index contributed by atoms with van der Waals surface area (Å²) in [6.07, 6.45) is 0.570. The second-order valence-electron chi connectivity index (χ2n) is 6.08. The second kappa shape index (κ2) is 8.63. The molecule has 6 nitrogen and oxygen atoms in total. The Balaban J connectivity index is 1.70. The van der Waals surface area contributed by atoms with E-state index in [1.54, 1.807) is 24.3 Å². The van der Waals surface area contributed by atoms with Gasteiger partial charge in [-0.25, -0.2) is 14.1 Å². The fourth-order valence-corrected chi connectivity index (χ4v) is 2.78. The Morgan fingerprint density at radius 1 is 1.32 bits per heavy atom. The van der Waals surface area contributed by atoms with Crippen LogP contribution in [0.2, 0.25) is 5.02 Å². The van der Waals surface area contributed by atoms with Gasteiger partial charge in [0.2, 0.25) is 5.91 Å². The summed E-state index contributed by atoms with van der Waals surface area (Å²) in [6.45, 7) is 2.20. The van der Waals surface area contributed by atoms with Crippen molar-refractivity contribution in [2.75, 3.05) is 0 Å². The third-order valence-corrected chi connectivity index (χ3v) is 4.39. The van der Waals surface area contributed by atoms with Gasteiger partial charge in [0, 0.05) is 18.5 Å². The first-order valence-corrected chi connectivity index (χ1v) is 9.03. The zero-order valence-electron chi connectivity index (χ0n) is 15.1. The quantitative estimate of drug-likeness (QED) is 0.690. The monoisotopic (exact) mass is 397 g/mol. The summed E-state index contributed by atoms with van der Waals surface area (Å²) < 4.78 is 15.2. The van der Waals surface area contributed by atoms with Gasteiger partial charge in [-0.3, -0.25) is 4.79 Å². The van der Waals surface area contributed by atoms with Crippen LogP contribution < -0.4 is 5.32 Å². The largest absolute Gasteiger partial charge is 0.350 e. The number of aromatic nitrogens is 3. The number of amides is 1. The summed E-state index contributed by atoms with van der Waals surface area (Å²) in [5.74, 6) is 0.163. The maximum atomic E-state index is 13.7. The molecule has 0 aliphatic heterocycles. The van der Waals surface area contributed by atoms with Crippen molar-refractivity contribution in [2.24, 2.45) is 0 Å². The van der Waals surface area contributed by atoms with Gasteiger partial charge in [-0.1, -0.05) is 30.7 Å². The Bertz CT molecular complexity index is 1060. The molecule has 0 saturated carbocycles. The first-order chi connectivity index (χ1) is 13.5. The van der Waals surface area contributed by atoms with Gasteiger partial charge in [-0.2, -0.15) is 10.4 Å². The third kappa shape index (κ3) is 4.53. The van der Waals surface area contributed by atoms with E-state index in [4.69, 9.17) is 16.9 Å². The average molecular weight is 398 g/mol. The molecule has 142 valence electrons. The molecule has 0 saturated heterocycles. The molecule has 3 aromatic rings. The number of hydrogen-bond acceptors (Lipinski definition) is 4. The lowest BCUT2D eigenvalue weighted by Gasteiger charge is -2.07. The summed E-state index contributed by atoms with van der Waals surface area (Å²) in [4.78, 5) is 16.7. The Morgan fingerprint density at radius 2 is 2.14 bits per heavy atom. The van der Waals surface area contributed by atoms with Gasteiger partial charge in [0.25, 0.3) is 0 Å². The van der Waals surface area contributed by atoms with E-state index in [2.05, 4.69) is 21.5 Å². The van der Waals surface area contributed by atoms with Gasteiger partial charge < -0.3 is 5.32 Å². The number of carbonyl (C=O) groups excluding carboxylic acids is 1. The van der Waals surface area contributed by atoms with E-state index in [1.165, 1.54) is 16.8 Å². The molecule has 1 N–H and O–H groups in total. The Kier molecular flexibility index (Phi) is 6.02. The van der Waals surface area contributed by atoms with Crippen LogP contribution in [0.3, 0.4) is 0 Å². The number of halogens is 2. The fraction of sp³-hybridized carbons (Fsp3) is 0.200. The molecule has 0 bridgehead atoms. The van der Waals surface area contributed by atoms with Crippen LogP contribution in [0.1, 0.15) is 23.9 Å². The predicted molar refractivity (Wildman–Crippen MR) is 103 cm³/mol. The van der Waals surface area contributed by atoms with Gasteiger partial charge in [-0.15, -0.1) is 0 Å². The van der Waals surface area contributed by atoms with Gasteiger partial charge in [0.1, 0.15) is 18.2 Å². The number of nitrogens with zero attached hydrogens (tertiary/aromatic N) is 4. The summed E-state index contributed by atoms with van der Waals surface area (Å²) in [6, 6.07) is 13.4. The van der Waals surface area contributed by atoms with E-state index in [1.807, 2.05) is 13.0 Å². The second-order valence-corrected chi connectivity index (χ2v) is 6.49. The van der Waals surface area contributed by atoms with Crippen molar-refractivity contribution in [3.8, 4) is 17.5 Å². The molecule has 0 unspecified atom stereocenters. The third-order valence-electron chi connectivity index (χ3n) is 4.08. The van der Waals surface area contributed by atoms with E-state index < -0.39 is 5.82 Å². The van der Waals surface area contributed by atoms with Gasteiger partial charge in [0.05, 0.1) is 16.7 Å². The molecule has 0 atom stereocenters. The van der Waals surface area contributed by atoms with Crippen LogP contribution in [0.4, 0.5) is 4.39 Å². The van der Waals surface area contributed by atoms with Crippen LogP contribution in [0.5, 0.6) is 0 Å². The van der Waals surface area contributed by atoms with E-state index in [-0.39, 0.29) is 17.5 Å². The van der Waals surface area contributed by atoms with Crippen LogP contribution >= 0.6 is 11.6 Å². The lowest BCUT2D eigenvalue weighted by atomic mass is 10.1. The number of rotatable bonds is 6. The minimum Gasteiger partial charge on any atom is -0.350 e. The maximum Gasteiger partial charge on any atom is 0.242 e. The summed E-state index contributed by atoms with van der Waals surface area (Å²) in [5.41, 5.74) is 1.86. The smallest absolute Gasteiger partial charge is 0.242 e. The van der Waals surface area contributed by atoms with Crippen LogP contribution in [-0.2, 0) is 24.3 Å². The number of carbonyl (C=O) groups is 1. The van der Waals surface area contributed by atoms with Gasteiger partial charge in [0.15, 0.2) is 5.82 Å². The van der Waals surface area contributed by atoms with Crippen molar-refractivity contribution in [3.05, 3.63) is 70.3 Å². The zero-order valence-corrected chi connectivity index (χ0v) is 15.9. The standard InChI is InChI=1S/C20H17ClFN5O/c1-2-18-25-20(15-6-7-16(21)17(22)9-15)26-27(18)12-19(28)24-11-14-5-3-4-13(8-14)10-23/h3-9H,2,11-12H2,1H3,(H,24,28). The molecule has 0 aliphatic rings. The normalized spacial score (nSPS) is 10.5. The lowest BCUT2D eigenvalue weighted by Crippen LogP contribution is -2.28. The first-order valence-electron chi connectivity index (χ1n) is 8.65. The predicted octanol–water partition coefficient (Wildman–Crippen LogP) is 3.49. The Hall–Kier alpha value is -3.24. The highest BCUT2D eigenvalue weighted by Gasteiger charge is 2.14. The number of benzene rings is 2. The van der Waals surface area contributed by atoms with E-state index >= 15 is 0 Å². The van der Waals surface area contributed by atoms with Gasteiger partial charge in [-0.05, 0) is 35.9 Å². The van der Waals surface area contributed by atoms with E-state index in [0.717, 1.165) is 5.56 Å². The molecule has 8 heteroatoms. The van der Waals surface area contributed by atoms with E-state index in [9.17, 15) is 9.18 Å². The minimum atomic E-state index is -0.550. The van der Waals surface area contributed by atoms with Crippen molar-refractivity contribution in [1.82, 2.24) is 20.1 Å². The summed E-state index contributed by atoms with van der Waals surface area (Å²) in [5, 5.41) is 16.1. The summed E-state index contributed by atoms with van der Waals surface area (Å²) >= 11 is 5.71. The molecule has 2 aromatic carbocycles. The fourth-order valence-electron chi connectivity index (χ4n) is 2.66. The Morgan fingerprint density at radius 3 is 2.86 bits per heavy atom.